The Hall–Kier alpha value is -0.680. The molecule has 0 aliphatic carbocycles. The average molecular weight is 289 g/mol. The number of aliphatic hydroxyl groups excluding tert-OH is 1. The van der Waals surface area contributed by atoms with E-state index in [4.69, 9.17) is 16.3 Å². The van der Waals surface area contributed by atoms with Gasteiger partial charge >= 0.3 is 0 Å². The lowest BCUT2D eigenvalue weighted by molar-refractivity contribution is -0.0578. The van der Waals surface area contributed by atoms with Gasteiger partial charge in [-0.15, -0.1) is 0 Å². The van der Waals surface area contributed by atoms with Crippen molar-refractivity contribution in [3.63, 3.8) is 0 Å². The summed E-state index contributed by atoms with van der Waals surface area (Å²) < 4.78 is 18.9. The Morgan fingerprint density at radius 1 is 1.32 bits per heavy atom. The molecular weight excluding hydrogens is 271 g/mol. The van der Waals surface area contributed by atoms with E-state index >= 15 is 0 Å². The Morgan fingerprint density at radius 3 is 2.58 bits per heavy atom. The molecule has 1 aromatic carbocycles. The summed E-state index contributed by atoms with van der Waals surface area (Å²) >= 11 is 5.68. The fraction of sp³-hybridized carbons (Fsp3) is 0.571. The summed E-state index contributed by atoms with van der Waals surface area (Å²) in [6.45, 7) is 1.33. The molecule has 2 N–H and O–H groups in total. The maximum Gasteiger partial charge on any atom is 0.152 e. The summed E-state index contributed by atoms with van der Waals surface area (Å²) in [6, 6.07) is 4.67. The van der Waals surface area contributed by atoms with Gasteiger partial charge in [0.25, 0.3) is 0 Å². The predicted octanol–water partition coefficient (Wildman–Crippen LogP) is 2.69. The third-order valence-corrected chi connectivity index (χ3v) is 3.98. The van der Waals surface area contributed by atoms with Crippen molar-refractivity contribution in [3.05, 3.63) is 34.6 Å². The van der Waals surface area contributed by atoms with Crippen LogP contribution in [0.5, 0.6) is 0 Å². The van der Waals surface area contributed by atoms with Gasteiger partial charge in [-0.1, -0.05) is 17.7 Å². The van der Waals surface area contributed by atoms with Gasteiger partial charge < -0.3 is 14.9 Å². The van der Waals surface area contributed by atoms with Crippen LogP contribution in [-0.2, 0) is 4.74 Å². The normalized spacial score (nSPS) is 18.8. The lowest BCUT2D eigenvalue weighted by atomic mass is 9.79. The molecule has 2 rings (SSSR count). The molecule has 1 atom stereocenters. The molecule has 1 heterocycles. The highest BCUT2D eigenvalue weighted by Crippen LogP contribution is 2.36. The summed E-state index contributed by atoms with van der Waals surface area (Å²) in [5.41, 5.74) is 0.766. The first-order valence-electron chi connectivity index (χ1n) is 6.46. The van der Waals surface area contributed by atoms with Crippen LogP contribution < -0.4 is 0 Å². The first-order valence-corrected chi connectivity index (χ1v) is 6.84. The molecular formula is C14H18ClFO3. The summed E-state index contributed by atoms with van der Waals surface area (Å²) in [5, 5.41) is 18.6. The number of rotatable bonds is 4. The quantitative estimate of drug-likeness (QED) is 0.838. The molecule has 106 valence electrons. The van der Waals surface area contributed by atoms with Crippen LogP contribution in [0.1, 0.15) is 30.7 Å². The van der Waals surface area contributed by atoms with Gasteiger partial charge in [-0.3, -0.25) is 0 Å². The largest absolute Gasteiger partial charge is 0.381 e. The van der Waals surface area contributed by atoms with Crippen molar-refractivity contribution in [2.24, 2.45) is 5.92 Å². The first kappa shape index (κ1) is 14.7. The van der Waals surface area contributed by atoms with Gasteiger partial charge in [0.1, 0.15) is 5.82 Å². The average Bonchev–Trinajstić information content (AvgIpc) is 2.40. The molecule has 3 nitrogen and oxygen atoms in total. The molecule has 1 aromatic rings. The van der Waals surface area contributed by atoms with Gasteiger partial charge in [-0.2, -0.15) is 0 Å². The Bertz CT molecular complexity index is 419. The van der Waals surface area contributed by atoms with E-state index in [1.807, 2.05) is 0 Å². The molecule has 0 radical (unpaired) electrons. The smallest absolute Gasteiger partial charge is 0.152 e. The van der Waals surface area contributed by atoms with E-state index in [1.165, 1.54) is 12.1 Å². The third kappa shape index (κ3) is 3.89. The summed E-state index contributed by atoms with van der Waals surface area (Å²) in [6.07, 6.45) is 0.501. The third-order valence-electron chi connectivity index (χ3n) is 3.67. The van der Waals surface area contributed by atoms with Crippen molar-refractivity contribution in [3.8, 4) is 0 Å². The van der Waals surface area contributed by atoms with E-state index in [1.54, 1.807) is 6.07 Å². The van der Waals surface area contributed by atoms with Crippen LogP contribution in [0.4, 0.5) is 4.39 Å². The minimum absolute atomic E-state index is 0.0824. The van der Waals surface area contributed by atoms with E-state index in [2.05, 4.69) is 0 Å². The Kier molecular flexibility index (Phi) is 5.16. The fourth-order valence-corrected chi connectivity index (χ4v) is 2.81. The van der Waals surface area contributed by atoms with Crippen molar-refractivity contribution < 1.29 is 19.3 Å². The second kappa shape index (κ2) is 6.66. The van der Waals surface area contributed by atoms with E-state index in [0.29, 0.717) is 13.2 Å². The van der Waals surface area contributed by atoms with Gasteiger partial charge in [-0.25, -0.2) is 4.39 Å². The van der Waals surface area contributed by atoms with Crippen LogP contribution in [0.2, 0.25) is 5.02 Å². The summed E-state index contributed by atoms with van der Waals surface area (Å²) in [5.74, 6) is -0.282. The van der Waals surface area contributed by atoms with Crippen molar-refractivity contribution in [2.45, 2.75) is 31.5 Å². The van der Waals surface area contributed by atoms with Crippen LogP contribution in [-0.4, -0.2) is 29.7 Å². The molecule has 0 aromatic heterocycles. The monoisotopic (exact) mass is 288 g/mol. The highest BCUT2D eigenvalue weighted by molar-refractivity contribution is 6.30. The molecule has 1 fully saturated rings. The standard InChI is InChI=1S/C14H18ClFO3/c15-12-2-1-10(7-13(12)16)11(8-14(17)18)9-3-5-19-6-4-9/h1-2,7,9,11,14,17-18H,3-6,8H2. The van der Waals surface area contributed by atoms with Gasteiger partial charge in [-0.05, 0) is 42.4 Å². The Morgan fingerprint density at radius 2 is 2.00 bits per heavy atom. The lowest BCUT2D eigenvalue weighted by Gasteiger charge is -2.31. The van der Waals surface area contributed by atoms with Crippen LogP contribution in [0.3, 0.4) is 0 Å². The predicted molar refractivity (Wildman–Crippen MR) is 70.5 cm³/mol. The zero-order valence-corrected chi connectivity index (χ0v) is 11.3. The van der Waals surface area contributed by atoms with Crippen LogP contribution in [0, 0.1) is 11.7 Å². The van der Waals surface area contributed by atoms with E-state index in [9.17, 15) is 14.6 Å². The van der Waals surface area contributed by atoms with Crippen molar-refractivity contribution in [2.75, 3.05) is 13.2 Å². The fourth-order valence-electron chi connectivity index (χ4n) is 2.69. The SMILES string of the molecule is OC(O)CC(c1ccc(Cl)c(F)c1)C1CCOCC1. The van der Waals surface area contributed by atoms with E-state index in [0.717, 1.165) is 18.4 Å². The number of aliphatic hydroxyl groups is 2. The highest BCUT2D eigenvalue weighted by atomic mass is 35.5. The van der Waals surface area contributed by atoms with Crippen molar-refractivity contribution in [1.82, 2.24) is 0 Å². The summed E-state index contributed by atoms with van der Waals surface area (Å²) in [4.78, 5) is 0. The van der Waals surface area contributed by atoms with Crippen molar-refractivity contribution in [1.29, 1.82) is 0 Å². The number of hydrogen-bond donors (Lipinski definition) is 2. The van der Waals surface area contributed by atoms with Gasteiger partial charge in [0, 0.05) is 19.6 Å². The summed E-state index contributed by atoms with van der Waals surface area (Å²) in [7, 11) is 0. The van der Waals surface area contributed by atoms with Gasteiger partial charge in [0.15, 0.2) is 6.29 Å². The molecule has 1 saturated heterocycles. The number of ether oxygens (including phenoxy) is 1. The van der Waals surface area contributed by atoms with Crippen molar-refractivity contribution >= 4 is 11.6 Å². The first-order chi connectivity index (χ1) is 9.08. The molecule has 5 heteroatoms. The van der Waals surface area contributed by atoms with Crippen LogP contribution >= 0.6 is 11.6 Å². The number of halogens is 2. The molecule has 1 aliphatic rings. The van der Waals surface area contributed by atoms with E-state index in [-0.39, 0.29) is 23.3 Å². The number of hydrogen-bond acceptors (Lipinski definition) is 3. The second-order valence-electron chi connectivity index (χ2n) is 4.95. The minimum atomic E-state index is -1.40. The molecule has 19 heavy (non-hydrogen) atoms. The zero-order chi connectivity index (χ0) is 13.8. The Balaban J connectivity index is 2.22. The number of benzene rings is 1. The topological polar surface area (TPSA) is 49.7 Å². The van der Waals surface area contributed by atoms with Gasteiger partial charge in [0.2, 0.25) is 0 Å². The minimum Gasteiger partial charge on any atom is -0.381 e. The zero-order valence-electron chi connectivity index (χ0n) is 10.6. The van der Waals surface area contributed by atoms with Crippen LogP contribution in [0.15, 0.2) is 18.2 Å². The van der Waals surface area contributed by atoms with Gasteiger partial charge in [0.05, 0.1) is 5.02 Å². The Labute approximate surface area is 117 Å². The molecule has 0 bridgehead atoms. The maximum absolute atomic E-state index is 13.6. The molecule has 1 unspecified atom stereocenters. The maximum atomic E-state index is 13.6. The van der Waals surface area contributed by atoms with E-state index < -0.39 is 12.1 Å². The highest BCUT2D eigenvalue weighted by Gasteiger charge is 2.27. The lowest BCUT2D eigenvalue weighted by Crippen LogP contribution is -2.25. The second-order valence-corrected chi connectivity index (χ2v) is 5.35. The van der Waals surface area contributed by atoms with Crippen LogP contribution in [0.25, 0.3) is 0 Å². The molecule has 0 spiro atoms. The molecule has 1 aliphatic heterocycles. The molecule has 0 amide bonds. The molecule has 0 saturated carbocycles.